The number of aromatic nitrogens is 1. The molecule has 32 heavy (non-hydrogen) atoms. The molecule has 2 heterocycles. The van der Waals surface area contributed by atoms with Crippen LogP contribution in [0, 0.1) is 20.8 Å². The predicted molar refractivity (Wildman–Crippen MR) is 125 cm³/mol. The number of hydrogen-bond acceptors (Lipinski definition) is 4. The topological polar surface area (TPSA) is 85.5 Å². The summed E-state index contributed by atoms with van der Waals surface area (Å²) in [6.45, 7) is 7.95. The Morgan fingerprint density at radius 2 is 1.56 bits per heavy atom. The lowest BCUT2D eigenvalue weighted by molar-refractivity contribution is -0.128. The van der Waals surface area contributed by atoms with Gasteiger partial charge in [0.05, 0.1) is 12.1 Å². The van der Waals surface area contributed by atoms with Gasteiger partial charge in [-0.2, -0.15) is 0 Å². The van der Waals surface area contributed by atoms with Crippen molar-refractivity contribution in [2.75, 3.05) is 38.0 Å². The maximum atomic E-state index is 13.0. The molecule has 0 bridgehead atoms. The van der Waals surface area contributed by atoms with Crippen molar-refractivity contribution in [2.45, 2.75) is 20.8 Å². The normalized spacial score (nSPS) is 14.5. The van der Waals surface area contributed by atoms with Crippen LogP contribution >= 0.6 is 0 Å². The summed E-state index contributed by atoms with van der Waals surface area (Å²) < 4.78 is 0. The highest BCUT2D eigenvalue weighted by atomic mass is 16.2. The number of ketones is 1. The third-order valence-electron chi connectivity index (χ3n) is 6.09. The molecule has 7 nitrogen and oxygen atoms in total. The predicted octanol–water partition coefficient (Wildman–Crippen LogP) is 3.06. The largest absolute Gasteiger partial charge is 0.358 e. The quantitative estimate of drug-likeness (QED) is 0.479. The van der Waals surface area contributed by atoms with Crippen LogP contribution in [0.2, 0.25) is 0 Å². The molecule has 4 rings (SSSR count). The van der Waals surface area contributed by atoms with E-state index in [9.17, 15) is 14.4 Å². The van der Waals surface area contributed by atoms with Gasteiger partial charge in [-0.25, -0.2) is 0 Å². The Kier molecular flexibility index (Phi) is 6.10. The summed E-state index contributed by atoms with van der Waals surface area (Å²) in [7, 11) is 0. The van der Waals surface area contributed by atoms with E-state index >= 15 is 0 Å². The minimum absolute atomic E-state index is 0.0762. The van der Waals surface area contributed by atoms with E-state index in [0.717, 1.165) is 27.7 Å². The number of anilines is 1. The summed E-state index contributed by atoms with van der Waals surface area (Å²) in [5, 5.41) is 3.77. The van der Waals surface area contributed by atoms with Crippen molar-refractivity contribution in [1.29, 1.82) is 0 Å². The Balaban J connectivity index is 1.35. The number of hydrogen-bond donors (Lipinski definition) is 2. The summed E-state index contributed by atoms with van der Waals surface area (Å²) in [6.07, 6.45) is 0. The fourth-order valence-corrected chi connectivity index (χ4v) is 4.32. The Morgan fingerprint density at radius 3 is 2.25 bits per heavy atom. The lowest BCUT2D eigenvalue weighted by atomic mass is 10.1. The van der Waals surface area contributed by atoms with E-state index in [2.05, 4.69) is 10.3 Å². The molecule has 0 aliphatic carbocycles. The van der Waals surface area contributed by atoms with Crippen LogP contribution in [0.1, 0.15) is 27.2 Å². The van der Waals surface area contributed by atoms with Crippen molar-refractivity contribution in [3.63, 3.8) is 0 Å². The van der Waals surface area contributed by atoms with Crippen LogP contribution in [-0.4, -0.2) is 65.1 Å². The number of piperazine rings is 1. The minimum atomic E-state index is -0.488. The zero-order valence-electron chi connectivity index (χ0n) is 18.7. The number of amides is 2. The molecule has 7 heteroatoms. The van der Waals surface area contributed by atoms with Crippen molar-refractivity contribution < 1.29 is 14.4 Å². The average molecular weight is 433 g/mol. The molecule has 0 saturated carbocycles. The molecule has 1 fully saturated rings. The number of benzene rings is 2. The summed E-state index contributed by atoms with van der Waals surface area (Å²) in [5.74, 6) is -1.05. The van der Waals surface area contributed by atoms with Crippen molar-refractivity contribution in [2.24, 2.45) is 0 Å². The first-order valence-electron chi connectivity index (χ1n) is 10.8. The molecule has 0 atom stereocenters. The Labute approximate surface area is 187 Å². The van der Waals surface area contributed by atoms with Crippen LogP contribution in [0.5, 0.6) is 0 Å². The standard InChI is InChI=1S/C25H28N4O3/c1-16-7-6-8-17(2)23(16)27-21(30)15-28-11-13-29(14-12-28)25(32)24(31)22-18(3)26-20-10-5-4-9-19(20)22/h4-10,26H,11-15H2,1-3H3,(H,27,30). The first-order valence-corrected chi connectivity index (χ1v) is 10.8. The number of nitrogens with one attached hydrogen (secondary N) is 2. The number of para-hydroxylation sites is 2. The molecule has 2 amide bonds. The minimum Gasteiger partial charge on any atom is -0.358 e. The summed E-state index contributed by atoms with van der Waals surface area (Å²) in [4.78, 5) is 45.2. The lowest BCUT2D eigenvalue weighted by Gasteiger charge is -2.34. The van der Waals surface area contributed by atoms with E-state index in [0.29, 0.717) is 37.4 Å². The molecule has 0 radical (unpaired) electrons. The summed E-state index contributed by atoms with van der Waals surface area (Å²) >= 11 is 0. The Hall–Kier alpha value is -3.45. The fraction of sp³-hybridized carbons (Fsp3) is 0.320. The highest BCUT2D eigenvalue weighted by molar-refractivity contribution is 6.45. The third-order valence-corrected chi connectivity index (χ3v) is 6.09. The highest BCUT2D eigenvalue weighted by Crippen LogP contribution is 2.23. The molecule has 2 aromatic carbocycles. The molecule has 1 saturated heterocycles. The Bertz CT molecular complexity index is 1170. The van der Waals surface area contributed by atoms with E-state index in [1.807, 2.05) is 68.1 Å². The van der Waals surface area contributed by atoms with Gasteiger partial charge < -0.3 is 15.2 Å². The van der Waals surface area contributed by atoms with Crippen molar-refractivity contribution in [3.8, 4) is 0 Å². The van der Waals surface area contributed by atoms with Gasteiger partial charge in [-0.05, 0) is 38.0 Å². The smallest absolute Gasteiger partial charge is 0.295 e. The summed E-state index contributed by atoms with van der Waals surface area (Å²) in [6, 6.07) is 13.4. The molecule has 0 spiro atoms. The number of aryl methyl sites for hydroxylation is 3. The second kappa shape index (κ2) is 8.96. The van der Waals surface area contributed by atoms with Crippen molar-refractivity contribution in [1.82, 2.24) is 14.8 Å². The number of aromatic amines is 1. The van der Waals surface area contributed by atoms with Gasteiger partial charge in [0.1, 0.15) is 0 Å². The molecule has 3 aromatic rings. The Morgan fingerprint density at radius 1 is 0.906 bits per heavy atom. The first-order chi connectivity index (χ1) is 15.3. The lowest BCUT2D eigenvalue weighted by Crippen LogP contribution is -2.52. The second-order valence-electron chi connectivity index (χ2n) is 8.38. The van der Waals surface area contributed by atoms with Gasteiger partial charge in [-0.1, -0.05) is 36.4 Å². The van der Waals surface area contributed by atoms with Gasteiger partial charge in [-0.3, -0.25) is 19.3 Å². The number of rotatable bonds is 5. The molecule has 0 unspecified atom stereocenters. The van der Waals surface area contributed by atoms with E-state index < -0.39 is 11.7 Å². The van der Waals surface area contributed by atoms with Gasteiger partial charge >= 0.3 is 0 Å². The molecular weight excluding hydrogens is 404 g/mol. The van der Waals surface area contributed by atoms with Crippen molar-refractivity contribution >= 4 is 34.2 Å². The van der Waals surface area contributed by atoms with Crippen LogP contribution in [0.3, 0.4) is 0 Å². The number of H-pyrrole nitrogens is 1. The summed E-state index contributed by atoms with van der Waals surface area (Å²) in [5.41, 5.74) is 4.90. The van der Waals surface area contributed by atoms with Crippen LogP contribution in [0.4, 0.5) is 5.69 Å². The van der Waals surface area contributed by atoms with E-state index in [1.165, 1.54) is 0 Å². The SMILES string of the molecule is Cc1cccc(C)c1NC(=O)CN1CCN(C(=O)C(=O)c2c(C)[nH]c3ccccc23)CC1. The van der Waals surface area contributed by atoms with Crippen molar-refractivity contribution in [3.05, 3.63) is 64.8 Å². The average Bonchev–Trinajstić information content (AvgIpc) is 3.11. The molecule has 166 valence electrons. The number of nitrogens with zero attached hydrogens (tertiary/aromatic N) is 2. The van der Waals surface area contributed by atoms with Gasteiger partial charge in [0.2, 0.25) is 5.91 Å². The second-order valence-corrected chi connectivity index (χ2v) is 8.38. The zero-order chi connectivity index (χ0) is 22.8. The van der Waals surface area contributed by atoms with Crippen LogP contribution < -0.4 is 5.32 Å². The number of carbonyl (C=O) groups excluding carboxylic acids is 3. The van der Waals surface area contributed by atoms with E-state index in [-0.39, 0.29) is 12.5 Å². The van der Waals surface area contributed by atoms with Gasteiger partial charge in [0.15, 0.2) is 0 Å². The molecule has 1 aliphatic rings. The van der Waals surface area contributed by atoms with Crippen LogP contribution in [-0.2, 0) is 9.59 Å². The number of carbonyl (C=O) groups is 3. The van der Waals surface area contributed by atoms with Gasteiger partial charge in [0, 0.05) is 48.5 Å². The van der Waals surface area contributed by atoms with E-state index in [1.54, 1.807) is 4.90 Å². The van der Waals surface area contributed by atoms with Gasteiger partial charge in [-0.15, -0.1) is 0 Å². The van der Waals surface area contributed by atoms with Crippen LogP contribution in [0.25, 0.3) is 10.9 Å². The van der Waals surface area contributed by atoms with Gasteiger partial charge in [0.25, 0.3) is 11.7 Å². The fourth-order valence-electron chi connectivity index (χ4n) is 4.32. The molecule has 2 N–H and O–H groups in total. The molecule has 1 aromatic heterocycles. The maximum absolute atomic E-state index is 13.0. The monoisotopic (exact) mass is 432 g/mol. The molecule has 1 aliphatic heterocycles. The maximum Gasteiger partial charge on any atom is 0.295 e. The highest BCUT2D eigenvalue weighted by Gasteiger charge is 2.30. The zero-order valence-corrected chi connectivity index (χ0v) is 18.7. The van der Waals surface area contributed by atoms with Crippen LogP contribution in [0.15, 0.2) is 42.5 Å². The number of fused-ring (bicyclic) bond motifs is 1. The molecular formula is C25H28N4O3. The van der Waals surface area contributed by atoms with E-state index in [4.69, 9.17) is 0 Å². The number of Topliss-reactive ketones (excluding diaryl/α,β-unsaturated/α-hetero) is 1. The third kappa shape index (κ3) is 4.29. The first kappa shape index (κ1) is 21.8.